The molecule has 5 heteroatoms. The molecule has 0 aliphatic carbocycles. The van der Waals surface area contributed by atoms with E-state index in [9.17, 15) is 9.59 Å². The van der Waals surface area contributed by atoms with E-state index in [1.807, 2.05) is 11.8 Å². The van der Waals surface area contributed by atoms with E-state index in [0.29, 0.717) is 30.1 Å². The van der Waals surface area contributed by atoms with E-state index >= 15 is 0 Å². The molecule has 1 saturated heterocycles. The molecule has 21 heavy (non-hydrogen) atoms. The molecule has 0 radical (unpaired) electrons. The first-order chi connectivity index (χ1) is 10.1. The molecule has 0 atom stereocenters. The second-order valence-electron chi connectivity index (χ2n) is 5.39. The summed E-state index contributed by atoms with van der Waals surface area (Å²) in [5.74, 6) is 0.118. The van der Waals surface area contributed by atoms with Crippen molar-refractivity contribution < 1.29 is 9.59 Å². The Hall–Kier alpha value is -1.55. The van der Waals surface area contributed by atoms with Crippen molar-refractivity contribution in [3.63, 3.8) is 0 Å². The lowest BCUT2D eigenvalue weighted by atomic mass is 10.0. The van der Waals surface area contributed by atoms with Crippen molar-refractivity contribution in [1.82, 2.24) is 10.2 Å². The normalized spacial score (nSPS) is 15.8. The maximum absolute atomic E-state index is 12.4. The van der Waals surface area contributed by atoms with Crippen LogP contribution in [0, 0.1) is 0 Å². The Bertz CT molecular complexity index is 511. The largest absolute Gasteiger partial charge is 0.353 e. The van der Waals surface area contributed by atoms with Crippen molar-refractivity contribution in [3.8, 4) is 0 Å². The minimum absolute atomic E-state index is 0.0100. The molecule has 1 N–H and O–H groups in total. The van der Waals surface area contributed by atoms with Gasteiger partial charge in [-0.25, -0.2) is 0 Å². The second kappa shape index (κ2) is 7.46. The van der Waals surface area contributed by atoms with Gasteiger partial charge < -0.3 is 10.2 Å². The summed E-state index contributed by atoms with van der Waals surface area (Å²) in [7, 11) is 0. The minimum Gasteiger partial charge on any atom is -0.353 e. The van der Waals surface area contributed by atoms with Crippen LogP contribution in [0.25, 0.3) is 0 Å². The summed E-state index contributed by atoms with van der Waals surface area (Å²) < 4.78 is 0. The van der Waals surface area contributed by atoms with E-state index in [-0.39, 0.29) is 17.9 Å². The van der Waals surface area contributed by atoms with Crippen LogP contribution in [0.5, 0.6) is 0 Å². The Morgan fingerprint density at radius 3 is 2.67 bits per heavy atom. The first-order valence-electron chi connectivity index (χ1n) is 7.44. The number of amides is 2. The third kappa shape index (κ3) is 4.46. The number of rotatable bonds is 4. The van der Waals surface area contributed by atoms with Crippen LogP contribution in [-0.2, 0) is 4.79 Å². The molecule has 0 spiro atoms. The number of carbonyl (C=O) groups is 2. The Kier molecular flexibility index (Phi) is 5.62. The maximum atomic E-state index is 12.4. The summed E-state index contributed by atoms with van der Waals surface area (Å²) in [6.07, 6.45) is 3.04. The molecule has 4 nitrogen and oxygen atoms in total. The third-order valence-corrected chi connectivity index (χ3v) is 3.93. The Labute approximate surface area is 130 Å². The average molecular weight is 309 g/mol. The van der Waals surface area contributed by atoms with E-state index < -0.39 is 0 Å². The van der Waals surface area contributed by atoms with E-state index in [4.69, 9.17) is 11.6 Å². The molecule has 2 amide bonds. The Balaban J connectivity index is 1.86. The van der Waals surface area contributed by atoms with Gasteiger partial charge in [-0.1, -0.05) is 24.6 Å². The molecular formula is C16H21ClN2O2. The fraction of sp³-hybridized carbons (Fsp3) is 0.500. The van der Waals surface area contributed by atoms with Crippen molar-refractivity contribution in [3.05, 3.63) is 34.9 Å². The summed E-state index contributed by atoms with van der Waals surface area (Å²) in [5, 5.41) is 3.60. The molecule has 0 bridgehead atoms. The smallest absolute Gasteiger partial charge is 0.253 e. The van der Waals surface area contributed by atoms with Crippen molar-refractivity contribution in [1.29, 1.82) is 0 Å². The summed E-state index contributed by atoms with van der Waals surface area (Å²) in [6.45, 7) is 3.33. The molecule has 1 aromatic rings. The van der Waals surface area contributed by atoms with Crippen molar-refractivity contribution in [2.75, 3.05) is 13.1 Å². The number of benzene rings is 1. The van der Waals surface area contributed by atoms with Gasteiger partial charge in [-0.15, -0.1) is 0 Å². The molecule has 1 fully saturated rings. The number of hydrogen-bond donors (Lipinski definition) is 1. The predicted molar refractivity (Wildman–Crippen MR) is 83.4 cm³/mol. The van der Waals surface area contributed by atoms with Gasteiger partial charge in [0.15, 0.2) is 0 Å². The lowest BCUT2D eigenvalue weighted by Gasteiger charge is -2.32. The first-order valence-corrected chi connectivity index (χ1v) is 7.82. The van der Waals surface area contributed by atoms with Crippen LogP contribution in [0.2, 0.25) is 5.02 Å². The molecule has 1 heterocycles. The van der Waals surface area contributed by atoms with Gasteiger partial charge in [0.05, 0.1) is 0 Å². The SMILES string of the molecule is CCCC(=O)NC1CCN(C(=O)c2cccc(Cl)c2)CC1. The fourth-order valence-electron chi connectivity index (χ4n) is 2.56. The first kappa shape index (κ1) is 15.8. The van der Waals surface area contributed by atoms with Crippen molar-refractivity contribution in [2.24, 2.45) is 0 Å². The second-order valence-corrected chi connectivity index (χ2v) is 5.83. The van der Waals surface area contributed by atoms with Gasteiger partial charge >= 0.3 is 0 Å². The van der Waals surface area contributed by atoms with Crippen LogP contribution in [-0.4, -0.2) is 35.8 Å². The number of piperidine rings is 1. The average Bonchev–Trinajstić information content (AvgIpc) is 2.47. The molecule has 1 aliphatic heterocycles. The molecule has 0 unspecified atom stereocenters. The zero-order valence-electron chi connectivity index (χ0n) is 12.3. The number of hydrogen-bond acceptors (Lipinski definition) is 2. The van der Waals surface area contributed by atoms with Gasteiger partial charge in [0.25, 0.3) is 5.91 Å². The molecule has 1 aliphatic rings. The van der Waals surface area contributed by atoms with E-state index in [1.165, 1.54) is 0 Å². The quantitative estimate of drug-likeness (QED) is 0.930. The zero-order valence-corrected chi connectivity index (χ0v) is 13.0. The lowest BCUT2D eigenvalue weighted by molar-refractivity contribution is -0.122. The predicted octanol–water partition coefficient (Wildman–Crippen LogP) is 2.86. The van der Waals surface area contributed by atoms with Crippen LogP contribution in [0.1, 0.15) is 43.0 Å². The monoisotopic (exact) mass is 308 g/mol. The molecule has 0 saturated carbocycles. The number of nitrogens with zero attached hydrogens (tertiary/aromatic N) is 1. The lowest BCUT2D eigenvalue weighted by Crippen LogP contribution is -2.46. The van der Waals surface area contributed by atoms with Crippen LogP contribution >= 0.6 is 11.6 Å². The standard InChI is InChI=1S/C16H21ClN2O2/c1-2-4-15(20)18-14-7-9-19(10-8-14)16(21)12-5-3-6-13(17)11-12/h3,5-6,11,14H,2,4,7-10H2,1H3,(H,18,20). The van der Waals surface area contributed by atoms with Crippen LogP contribution in [0.3, 0.4) is 0 Å². The van der Waals surface area contributed by atoms with Crippen molar-refractivity contribution in [2.45, 2.75) is 38.6 Å². The topological polar surface area (TPSA) is 49.4 Å². The van der Waals surface area contributed by atoms with Crippen molar-refractivity contribution >= 4 is 23.4 Å². The van der Waals surface area contributed by atoms with Crippen LogP contribution < -0.4 is 5.32 Å². The summed E-state index contributed by atoms with van der Waals surface area (Å²) in [5.41, 5.74) is 0.621. The molecular weight excluding hydrogens is 288 g/mol. The Morgan fingerprint density at radius 1 is 1.33 bits per heavy atom. The highest BCUT2D eigenvalue weighted by Gasteiger charge is 2.24. The van der Waals surface area contributed by atoms with E-state index in [1.54, 1.807) is 24.3 Å². The van der Waals surface area contributed by atoms with Crippen LogP contribution in [0.4, 0.5) is 0 Å². The van der Waals surface area contributed by atoms with Gasteiger partial charge in [0.1, 0.15) is 0 Å². The number of nitrogens with one attached hydrogen (secondary N) is 1. The van der Waals surface area contributed by atoms with Gasteiger partial charge in [-0.3, -0.25) is 9.59 Å². The van der Waals surface area contributed by atoms with E-state index in [2.05, 4.69) is 5.32 Å². The summed E-state index contributed by atoms with van der Waals surface area (Å²) >= 11 is 5.92. The van der Waals surface area contributed by atoms with Gasteiger partial charge in [-0.2, -0.15) is 0 Å². The zero-order chi connectivity index (χ0) is 15.2. The number of carbonyl (C=O) groups excluding carboxylic acids is 2. The fourth-order valence-corrected chi connectivity index (χ4v) is 2.75. The molecule has 114 valence electrons. The highest BCUT2D eigenvalue weighted by molar-refractivity contribution is 6.30. The van der Waals surface area contributed by atoms with E-state index in [0.717, 1.165) is 19.3 Å². The summed E-state index contributed by atoms with van der Waals surface area (Å²) in [4.78, 5) is 25.8. The van der Waals surface area contributed by atoms with Gasteiger partial charge in [0.2, 0.25) is 5.91 Å². The number of halogens is 1. The highest BCUT2D eigenvalue weighted by Crippen LogP contribution is 2.17. The Morgan fingerprint density at radius 2 is 2.05 bits per heavy atom. The third-order valence-electron chi connectivity index (χ3n) is 3.70. The van der Waals surface area contributed by atoms with Crippen LogP contribution in [0.15, 0.2) is 24.3 Å². The maximum Gasteiger partial charge on any atom is 0.253 e. The minimum atomic E-state index is 0.0100. The molecule has 0 aromatic heterocycles. The highest BCUT2D eigenvalue weighted by atomic mass is 35.5. The van der Waals surface area contributed by atoms with Gasteiger partial charge in [-0.05, 0) is 37.5 Å². The summed E-state index contributed by atoms with van der Waals surface area (Å²) in [6, 6.07) is 7.20. The molecule has 1 aromatic carbocycles. The van der Waals surface area contributed by atoms with Gasteiger partial charge in [0, 0.05) is 36.1 Å². The number of likely N-dealkylation sites (tertiary alicyclic amines) is 1. The molecule has 2 rings (SSSR count).